The maximum atomic E-state index is 11.5. The number of benzene rings is 2. The summed E-state index contributed by atoms with van der Waals surface area (Å²) >= 11 is 0. The number of nitrogens with one attached hydrogen (secondary N) is 1. The molecule has 2 aromatic carbocycles. The lowest BCUT2D eigenvalue weighted by atomic mass is 9.81. The molecule has 0 aliphatic carbocycles. The van der Waals surface area contributed by atoms with E-state index in [4.69, 9.17) is 14.5 Å². The van der Waals surface area contributed by atoms with Crippen molar-refractivity contribution in [1.82, 2.24) is 0 Å². The molecule has 0 unspecified atom stereocenters. The van der Waals surface area contributed by atoms with Gasteiger partial charge in [0, 0.05) is 35.7 Å². The van der Waals surface area contributed by atoms with Gasteiger partial charge in [0.25, 0.3) is 0 Å². The van der Waals surface area contributed by atoms with E-state index >= 15 is 0 Å². The van der Waals surface area contributed by atoms with Crippen molar-refractivity contribution in [2.45, 2.75) is 58.6 Å². The van der Waals surface area contributed by atoms with Crippen LogP contribution >= 0.6 is 0 Å². The molecule has 2 aliphatic heterocycles. The Balaban J connectivity index is 1.93. The number of nitrogens with zero attached hydrogens (tertiary/aromatic N) is 1. The highest BCUT2D eigenvalue weighted by Gasteiger charge is 2.39. The summed E-state index contributed by atoms with van der Waals surface area (Å²) in [7, 11) is 1.69. The molecule has 0 saturated carbocycles. The van der Waals surface area contributed by atoms with Crippen LogP contribution in [0.1, 0.15) is 56.9 Å². The van der Waals surface area contributed by atoms with Crippen molar-refractivity contribution in [3.8, 4) is 11.5 Å². The number of ether oxygens (including phenoxy) is 2. The fourth-order valence-corrected chi connectivity index (χ4v) is 4.38. The van der Waals surface area contributed by atoms with E-state index in [2.05, 4.69) is 39.1 Å². The summed E-state index contributed by atoms with van der Waals surface area (Å²) < 4.78 is 11.9. The van der Waals surface area contributed by atoms with Crippen molar-refractivity contribution in [1.29, 1.82) is 0 Å². The van der Waals surface area contributed by atoms with Gasteiger partial charge in [0.2, 0.25) is 5.91 Å². The number of fused-ring (bicyclic) bond motifs is 3. The number of amides is 1. The molecule has 0 spiro atoms. The lowest BCUT2D eigenvalue weighted by Crippen LogP contribution is -2.30. The topological polar surface area (TPSA) is 59.9 Å². The van der Waals surface area contributed by atoms with Gasteiger partial charge in [0.15, 0.2) is 11.5 Å². The highest BCUT2D eigenvalue weighted by atomic mass is 16.5. The van der Waals surface area contributed by atoms with Crippen LogP contribution < -0.4 is 14.8 Å². The largest absolute Gasteiger partial charge is 0.493 e. The molecule has 5 heteroatoms. The number of carbonyl (C=O) groups is 1. The lowest BCUT2D eigenvalue weighted by molar-refractivity contribution is -0.114. The monoisotopic (exact) mass is 392 g/mol. The van der Waals surface area contributed by atoms with Crippen molar-refractivity contribution < 1.29 is 14.3 Å². The molecule has 1 N–H and O–H groups in total. The third-order valence-corrected chi connectivity index (χ3v) is 5.36. The number of hydrogen-bond donors (Lipinski definition) is 1. The second-order valence-corrected chi connectivity index (χ2v) is 9.17. The minimum absolute atomic E-state index is 0.0887. The Hall–Kier alpha value is -2.82. The zero-order chi connectivity index (χ0) is 21.0. The fourth-order valence-electron chi connectivity index (χ4n) is 4.38. The van der Waals surface area contributed by atoms with Crippen LogP contribution in [0, 0.1) is 0 Å². The van der Waals surface area contributed by atoms with Crippen molar-refractivity contribution in [2.24, 2.45) is 4.99 Å². The SMILES string of the molecule is COc1cc2c(c3c1OC(C)(C)C3)C(c1cccc(NC(C)=O)c1)=NC(C)(C)C2. The van der Waals surface area contributed by atoms with Gasteiger partial charge in [-0.15, -0.1) is 0 Å². The normalized spacial score (nSPS) is 18.2. The molecule has 152 valence electrons. The Morgan fingerprint density at radius 3 is 2.62 bits per heavy atom. The predicted octanol–water partition coefficient (Wildman–Crippen LogP) is 4.54. The molecule has 2 heterocycles. The van der Waals surface area contributed by atoms with Gasteiger partial charge in [-0.05, 0) is 57.9 Å². The highest BCUT2D eigenvalue weighted by molar-refractivity contribution is 6.16. The molecule has 2 aliphatic rings. The van der Waals surface area contributed by atoms with Crippen LogP contribution in [0.5, 0.6) is 11.5 Å². The van der Waals surface area contributed by atoms with E-state index in [9.17, 15) is 4.79 Å². The molecule has 29 heavy (non-hydrogen) atoms. The summed E-state index contributed by atoms with van der Waals surface area (Å²) in [6.07, 6.45) is 1.63. The average Bonchev–Trinajstić information content (AvgIpc) is 2.94. The second kappa shape index (κ2) is 6.61. The summed E-state index contributed by atoms with van der Waals surface area (Å²) in [4.78, 5) is 16.7. The van der Waals surface area contributed by atoms with Gasteiger partial charge in [-0.2, -0.15) is 0 Å². The lowest BCUT2D eigenvalue weighted by Gasteiger charge is -2.31. The molecule has 0 saturated heterocycles. The molecule has 1 amide bonds. The Labute approximate surface area is 172 Å². The number of methoxy groups -OCH3 is 1. The van der Waals surface area contributed by atoms with Gasteiger partial charge < -0.3 is 14.8 Å². The molecular formula is C24H28N2O3. The molecule has 0 radical (unpaired) electrons. The maximum Gasteiger partial charge on any atom is 0.221 e. The number of aliphatic imine (C=N–C) groups is 1. The van der Waals surface area contributed by atoms with Gasteiger partial charge >= 0.3 is 0 Å². The summed E-state index contributed by atoms with van der Waals surface area (Å²) in [5.74, 6) is 1.52. The molecular weight excluding hydrogens is 364 g/mol. The van der Waals surface area contributed by atoms with Crippen LogP contribution in [0.2, 0.25) is 0 Å². The van der Waals surface area contributed by atoms with Crippen molar-refractivity contribution >= 4 is 17.3 Å². The van der Waals surface area contributed by atoms with E-state index in [1.54, 1.807) is 7.11 Å². The zero-order valence-corrected chi connectivity index (χ0v) is 18.0. The van der Waals surface area contributed by atoms with Gasteiger partial charge in [-0.3, -0.25) is 9.79 Å². The second-order valence-electron chi connectivity index (χ2n) is 9.17. The van der Waals surface area contributed by atoms with E-state index in [1.165, 1.54) is 12.5 Å². The highest BCUT2D eigenvalue weighted by Crippen LogP contribution is 2.47. The van der Waals surface area contributed by atoms with Crippen LogP contribution in [-0.2, 0) is 17.6 Å². The van der Waals surface area contributed by atoms with Gasteiger partial charge in [0.1, 0.15) is 5.60 Å². The average molecular weight is 392 g/mol. The van der Waals surface area contributed by atoms with Crippen LogP contribution in [0.25, 0.3) is 0 Å². The van der Waals surface area contributed by atoms with E-state index in [0.717, 1.165) is 52.4 Å². The van der Waals surface area contributed by atoms with Crippen LogP contribution in [0.3, 0.4) is 0 Å². The van der Waals surface area contributed by atoms with Gasteiger partial charge in [-0.1, -0.05) is 12.1 Å². The van der Waals surface area contributed by atoms with Gasteiger partial charge in [0.05, 0.1) is 18.4 Å². The summed E-state index contributed by atoms with van der Waals surface area (Å²) in [5.41, 5.74) is 5.70. The first kappa shape index (κ1) is 19.5. The Bertz CT molecular complexity index is 1030. The zero-order valence-electron chi connectivity index (χ0n) is 18.0. The van der Waals surface area contributed by atoms with E-state index in [-0.39, 0.29) is 17.0 Å². The first-order chi connectivity index (χ1) is 13.6. The van der Waals surface area contributed by atoms with E-state index < -0.39 is 0 Å². The van der Waals surface area contributed by atoms with Crippen LogP contribution in [0.15, 0.2) is 35.3 Å². The molecule has 2 aromatic rings. The molecule has 0 aromatic heterocycles. The Kier molecular flexibility index (Phi) is 4.45. The standard InChI is InChI=1S/C24H28N2O3/c1-14(27)25-17-9-7-8-15(10-17)21-20-16(12-23(2,3)26-21)11-19(28-6)22-18(20)13-24(4,5)29-22/h7-11H,12-13H2,1-6H3,(H,25,27). The van der Waals surface area contributed by atoms with Crippen LogP contribution in [-0.4, -0.2) is 29.9 Å². The minimum atomic E-state index is -0.291. The van der Waals surface area contributed by atoms with Crippen molar-refractivity contribution in [3.05, 3.63) is 52.6 Å². The smallest absolute Gasteiger partial charge is 0.221 e. The molecule has 4 rings (SSSR count). The predicted molar refractivity (Wildman–Crippen MR) is 116 cm³/mol. The fraction of sp³-hybridized carbons (Fsp3) is 0.417. The molecule has 0 bridgehead atoms. The first-order valence-electron chi connectivity index (χ1n) is 9.98. The molecule has 0 atom stereocenters. The quantitative estimate of drug-likeness (QED) is 0.834. The maximum absolute atomic E-state index is 11.5. The van der Waals surface area contributed by atoms with Crippen molar-refractivity contribution in [3.63, 3.8) is 0 Å². The molecule has 0 fully saturated rings. The van der Waals surface area contributed by atoms with E-state index in [0.29, 0.717) is 0 Å². The third-order valence-electron chi connectivity index (χ3n) is 5.36. The number of carbonyl (C=O) groups excluding carboxylic acids is 1. The van der Waals surface area contributed by atoms with Crippen LogP contribution in [0.4, 0.5) is 5.69 Å². The Morgan fingerprint density at radius 1 is 1.17 bits per heavy atom. The first-order valence-corrected chi connectivity index (χ1v) is 9.98. The van der Waals surface area contributed by atoms with Crippen molar-refractivity contribution in [2.75, 3.05) is 12.4 Å². The van der Waals surface area contributed by atoms with E-state index in [1.807, 2.05) is 24.3 Å². The third kappa shape index (κ3) is 3.61. The molecule has 5 nitrogen and oxygen atoms in total. The number of anilines is 1. The summed E-state index contributed by atoms with van der Waals surface area (Å²) in [6, 6.07) is 9.99. The van der Waals surface area contributed by atoms with Gasteiger partial charge in [-0.25, -0.2) is 0 Å². The number of hydrogen-bond acceptors (Lipinski definition) is 4. The number of rotatable bonds is 3. The Morgan fingerprint density at radius 2 is 1.93 bits per heavy atom. The minimum Gasteiger partial charge on any atom is -0.493 e. The summed E-state index contributed by atoms with van der Waals surface area (Å²) in [5, 5.41) is 2.87. The summed E-state index contributed by atoms with van der Waals surface area (Å²) in [6.45, 7) is 10.0.